The second-order valence-electron chi connectivity index (χ2n) is 5.13. The van der Waals surface area contributed by atoms with Crippen LogP contribution in [0.15, 0.2) is 6.07 Å². The van der Waals surface area contributed by atoms with E-state index < -0.39 is 23.6 Å². The molecule has 8 heteroatoms. The highest BCUT2D eigenvalue weighted by atomic mass is 19.2. The van der Waals surface area contributed by atoms with Gasteiger partial charge in [0.1, 0.15) is 6.04 Å². The number of pyridine rings is 1. The predicted octanol–water partition coefficient (Wildman–Crippen LogP) is 0.983. The van der Waals surface area contributed by atoms with Gasteiger partial charge in [-0.1, -0.05) is 0 Å². The number of nitrogens with one attached hydrogen (secondary N) is 1. The van der Waals surface area contributed by atoms with Crippen molar-refractivity contribution in [3.63, 3.8) is 0 Å². The molecule has 2 aliphatic rings. The molecule has 1 N–H and O–H groups in total. The molecule has 2 heterocycles. The number of morpholine rings is 1. The SMILES string of the molecule is O=C(NC1CC1)C1COCCN1c1nc(F)c(F)cc1F. The van der Waals surface area contributed by atoms with E-state index in [0.717, 1.165) is 12.8 Å². The molecule has 5 nitrogen and oxygen atoms in total. The summed E-state index contributed by atoms with van der Waals surface area (Å²) in [6.07, 6.45) is 1.83. The van der Waals surface area contributed by atoms with Crippen LogP contribution >= 0.6 is 0 Å². The van der Waals surface area contributed by atoms with Crippen LogP contribution in [0.1, 0.15) is 12.8 Å². The van der Waals surface area contributed by atoms with Gasteiger partial charge in [0.05, 0.1) is 13.2 Å². The van der Waals surface area contributed by atoms with Gasteiger partial charge in [0.15, 0.2) is 17.5 Å². The van der Waals surface area contributed by atoms with Crippen LogP contribution in [0.25, 0.3) is 0 Å². The lowest BCUT2D eigenvalue weighted by Gasteiger charge is -2.35. The Morgan fingerprint density at radius 2 is 2.10 bits per heavy atom. The first kappa shape index (κ1) is 14.1. The van der Waals surface area contributed by atoms with Gasteiger partial charge < -0.3 is 15.0 Å². The van der Waals surface area contributed by atoms with E-state index in [4.69, 9.17) is 4.74 Å². The van der Waals surface area contributed by atoms with Crippen molar-refractivity contribution in [3.8, 4) is 0 Å². The van der Waals surface area contributed by atoms with Gasteiger partial charge in [0, 0.05) is 18.7 Å². The van der Waals surface area contributed by atoms with Gasteiger partial charge in [-0.2, -0.15) is 9.37 Å². The van der Waals surface area contributed by atoms with Gasteiger partial charge >= 0.3 is 0 Å². The number of anilines is 1. The Kier molecular flexibility index (Phi) is 3.71. The van der Waals surface area contributed by atoms with Crippen LogP contribution in [0.4, 0.5) is 19.0 Å². The van der Waals surface area contributed by atoms with E-state index in [2.05, 4.69) is 10.3 Å². The van der Waals surface area contributed by atoms with Crippen LogP contribution in [-0.2, 0) is 9.53 Å². The first-order valence-electron chi connectivity index (χ1n) is 6.72. The molecule has 0 bridgehead atoms. The van der Waals surface area contributed by atoms with Crippen molar-refractivity contribution in [2.45, 2.75) is 24.9 Å². The average Bonchev–Trinajstić information content (AvgIpc) is 3.27. The summed E-state index contributed by atoms with van der Waals surface area (Å²) < 4.78 is 45.3. The van der Waals surface area contributed by atoms with Gasteiger partial charge in [0.25, 0.3) is 5.95 Å². The quantitative estimate of drug-likeness (QED) is 0.846. The zero-order valence-electron chi connectivity index (χ0n) is 11.1. The Morgan fingerprint density at radius 1 is 1.33 bits per heavy atom. The van der Waals surface area contributed by atoms with Crippen molar-refractivity contribution in [2.24, 2.45) is 0 Å². The van der Waals surface area contributed by atoms with Crippen molar-refractivity contribution in [2.75, 3.05) is 24.7 Å². The second kappa shape index (κ2) is 5.51. The first-order valence-corrected chi connectivity index (χ1v) is 6.72. The minimum Gasteiger partial charge on any atom is -0.377 e. The number of carbonyl (C=O) groups is 1. The van der Waals surface area contributed by atoms with Crippen molar-refractivity contribution >= 4 is 11.7 Å². The van der Waals surface area contributed by atoms with Crippen molar-refractivity contribution < 1.29 is 22.7 Å². The van der Waals surface area contributed by atoms with Gasteiger partial charge in [-0.25, -0.2) is 8.78 Å². The van der Waals surface area contributed by atoms with Crippen molar-refractivity contribution in [3.05, 3.63) is 23.6 Å². The molecule has 0 spiro atoms. The molecule has 1 aliphatic carbocycles. The highest BCUT2D eigenvalue weighted by Gasteiger charge is 2.35. The molecule has 3 rings (SSSR count). The maximum atomic E-state index is 13.8. The standard InChI is InChI=1S/C13H14F3N3O2/c14-8-5-9(15)12(18-11(8)16)19-3-4-21-6-10(19)13(20)17-7-1-2-7/h5,7,10H,1-4,6H2,(H,17,20). The molecule has 1 saturated carbocycles. The minimum absolute atomic E-state index is 0.0542. The molecule has 114 valence electrons. The summed E-state index contributed by atoms with van der Waals surface area (Å²) in [6, 6.07) is -0.224. The number of hydrogen-bond donors (Lipinski definition) is 1. The molecule has 0 radical (unpaired) electrons. The Balaban J connectivity index is 1.86. The predicted molar refractivity (Wildman–Crippen MR) is 67.2 cm³/mol. The number of rotatable bonds is 3. The molecule has 1 aromatic rings. The fraction of sp³-hybridized carbons (Fsp3) is 0.538. The second-order valence-corrected chi connectivity index (χ2v) is 5.13. The molecule has 1 atom stereocenters. The van der Waals surface area contributed by atoms with Crippen LogP contribution < -0.4 is 10.2 Å². The number of aromatic nitrogens is 1. The molecule has 1 unspecified atom stereocenters. The molecule has 1 aliphatic heterocycles. The number of ether oxygens (including phenoxy) is 1. The molecule has 1 aromatic heterocycles. The summed E-state index contributed by atoms with van der Waals surface area (Å²) in [5.74, 6) is -4.43. The van der Waals surface area contributed by atoms with Crippen LogP contribution in [0, 0.1) is 17.6 Å². The molecular weight excluding hydrogens is 287 g/mol. The third kappa shape index (κ3) is 2.94. The number of nitrogens with zero attached hydrogens (tertiary/aromatic N) is 2. The van der Waals surface area contributed by atoms with E-state index in [-0.39, 0.29) is 37.5 Å². The summed E-state index contributed by atoms with van der Waals surface area (Å²) >= 11 is 0. The number of halogens is 3. The summed E-state index contributed by atoms with van der Waals surface area (Å²) in [7, 11) is 0. The van der Waals surface area contributed by atoms with Crippen LogP contribution in [0.3, 0.4) is 0 Å². The lowest BCUT2D eigenvalue weighted by molar-refractivity contribution is -0.124. The molecule has 21 heavy (non-hydrogen) atoms. The zero-order chi connectivity index (χ0) is 15.0. The minimum atomic E-state index is -1.39. The topological polar surface area (TPSA) is 54.5 Å². The van der Waals surface area contributed by atoms with E-state index in [9.17, 15) is 18.0 Å². The smallest absolute Gasteiger partial charge is 0.251 e. The number of carbonyl (C=O) groups excluding carboxylic acids is 1. The molecule has 0 aromatic carbocycles. The van der Waals surface area contributed by atoms with Gasteiger partial charge in [-0.3, -0.25) is 4.79 Å². The van der Waals surface area contributed by atoms with Crippen LogP contribution in [0.5, 0.6) is 0 Å². The molecule has 2 fully saturated rings. The third-order valence-electron chi connectivity index (χ3n) is 3.50. The number of amides is 1. The Hall–Kier alpha value is -1.83. The van der Waals surface area contributed by atoms with E-state index in [0.29, 0.717) is 6.07 Å². The summed E-state index contributed by atoms with van der Waals surface area (Å²) in [5.41, 5.74) is 0. The average molecular weight is 301 g/mol. The normalized spacial score (nSPS) is 22.2. The van der Waals surface area contributed by atoms with Crippen LogP contribution in [0.2, 0.25) is 0 Å². The lowest BCUT2D eigenvalue weighted by atomic mass is 10.2. The highest BCUT2D eigenvalue weighted by molar-refractivity contribution is 5.85. The zero-order valence-corrected chi connectivity index (χ0v) is 11.1. The molecular formula is C13H14F3N3O2. The Bertz CT molecular complexity index is 566. The number of hydrogen-bond acceptors (Lipinski definition) is 4. The van der Waals surface area contributed by atoms with Crippen molar-refractivity contribution in [1.29, 1.82) is 0 Å². The van der Waals surface area contributed by atoms with Crippen molar-refractivity contribution in [1.82, 2.24) is 10.3 Å². The van der Waals surface area contributed by atoms with E-state index in [1.54, 1.807) is 0 Å². The summed E-state index contributed by atoms with van der Waals surface area (Å²) in [6.45, 7) is 0.490. The van der Waals surface area contributed by atoms with Gasteiger partial charge in [-0.15, -0.1) is 0 Å². The molecule has 1 amide bonds. The maximum Gasteiger partial charge on any atom is 0.251 e. The summed E-state index contributed by atoms with van der Waals surface area (Å²) in [5, 5.41) is 2.79. The van der Waals surface area contributed by atoms with Gasteiger partial charge in [0.2, 0.25) is 5.91 Å². The first-order chi connectivity index (χ1) is 10.1. The van der Waals surface area contributed by atoms with E-state index in [1.807, 2.05) is 0 Å². The largest absolute Gasteiger partial charge is 0.377 e. The molecule has 1 saturated heterocycles. The fourth-order valence-electron chi connectivity index (χ4n) is 2.24. The van der Waals surface area contributed by atoms with Crippen LogP contribution in [-0.4, -0.2) is 42.7 Å². The summed E-state index contributed by atoms with van der Waals surface area (Å²) in [4.78, 5) is 16.8. The highest BCUT2D eigenvalue weighted by Crippen LogP contribution is 2.24. The monoisotopic (exact) mass is 301 g/mol. The van der Waals surface area contributed by atoms with E-state index >= 15 is 0 Å². The fourth-order valence-corrected chi connectivity index (χ4v) is 2.24. The van der Waals surface area contributed by atoms with Gasteiger partial charge in [-0.05, 0) is 12.8 Å². The third-order valence-corrected chi connectivity index (χ3v) is 3.50. The Labute approximate surface area is 119 Å². The maximum absolute atomic E-state index is 13.8. The Morgan fingerprint density at radius 3 is 2.81 bits per heavy atom. The van der Waals surface area contributed by atoms with E-state index in [1.165, 1.54) is 4.90 Å². The lowest BCUT2D eigenvalue weighted by Crippen LogP contribution is -2.55.